The minimum atomic E-state index is -1.83. The van der Waals surface area contributed by atoms with Crippen molar-refractivity contribution in [2.45, 2.75) is 106 Å². The Morgan fingerprint density at radius 3 is 1.92 bits per heavy atom. The number of rotatable bonds is 18. The number of unbranched alkanes of at least 4 members (excludes halogenated alkanes) is 5. The maximum absolute atomic E-state index is 13.6. The lowest BCUT2D eigenvalue weighted by molar-refractivity contribution is -0.344. The number of methoxy groups -OCH3 is 3. The van der Waals surface area contributed by atoms with Crippen LogP contribution in [0.25, 0.3) is 0 Å². The molecule has 274 valence electrons. The molecule has 1 aromatic carbocycles. The van der Waals surface area contributed by atoms with Gasteiger partial charge in [0.25, 0.3) is 5.91 Å². The highest BCUT2D eigenvalue weighted by molar-refractivity contribution is 5.96. The molecule has 0 saturated carbocycles. The molecule has 10 atom stereocenters. The summed E-state index contributed by atoms with van der Waals surface area (Å²) in [5.41, 5.74) is -0.0298. The molecule has 8 N–H and O–H groups in total. The van der Waals surface area contributed by atoms with E-state index in [9.17, 15) is 45.3 Å². The Labute approximate surface area is 278 Å². The Morgan fingerprint density at radius 1 is 0.771 bits per heavy atom. The van der Waals surface area contributed by atoms with Gasteiger partial charge in [-0.05, 0) is 25.0 Å². The van der Waals surface area contributed by atoms with Crippen LogP contribution < -0.4 is 14.8 Å². The molecular formula is C31H49NO16. The number of benzene rings is 1. The van der Waals surface area contributed by atoms with Gasteiger partial charge in [-0.3, -0.25) is 9.59 Å². The highest BCUT2D eigenvalue weighted by Gasteiger charge is 2.51. The van der Waals surface area contributed by atoms with Crippen LogP contribution in [-0.2, 0) is 28.5 Å². The fourth-order valence-corrected chi connectivity index (χ4v) is 5.50. The molecule has 3 rings (SSSR count). The van der Waals surface area contributed by atoms with Gasteiger partial charge in [0, 0.05) is 18.6 Å². The van der Waals surface area contributed by atoms with Gasteiger partial charge in [-0.15, -0.1) is 0 Å². The minimum Gasteiger partial charge on any atom is -0.502 e. The second-order valence-corrected chi connectivity index (χ2v) is 11.6. The van der Waals surface area contributed by atoms with E-state index in [2.05, 4.69) is 10.1 Å². The second kappa shape index (κ2) is 19.4. The molecule has 0 bridgehead atoms. The van der Waals surface area contributed by atoms with Crippen molar-refractivity contribution in [3.8, 4) is 17.2 Å². The molecule has 0 spiro atoms. The fraction of sp³-hybridized carbons (Fsp3) is 0.742. The van der Waals surface area contributed by atoms with Crippen molar-refractivity contribution in [1.29, 1.82) is 0 Å². The summed E-state index contributed by atoms with van der Waals surface area (Å²) < 4.78 is 38.2. The van der Waals surface area contributed by atoms with E-state index in [1.165, 1.54) is 33.5 Å². The van der Waals surface area contributed by atoms with Crippen molar-refractivity contribution < 1.29 is 78.5 Å². The van der Waals surface area contributed by atoms with Gasteiger partial charge >= 0.3 is 5.97 Å². The Hall–Kier alpha value is -2.84. The third-order valence-corrected chi connectivity index (χ3v) is 8.32. The maximum Gasteiger partial charge on any atom is 0.305 e. The molecule has 0 aromatic heterocycles. The molecule has 48 heavy (non-hydrogen) atoms. The molecule has 7 unspecified atom stereocenters. The molecule has 2 saturated heterocycles. The number of hydrogen-bond acceptors (Lipinski definition) is 16. The van der Waals surface area contributed by atoms with Crippen LogP contribution >= 0.6 is 0 Å². The highest BCUT2D eigenvalue weighted by atomic mass is 16.7. The molecular weight excluding hydrogens is 642 g/mol. The average Bonchev–Trinajstić information content (AvgIpc) is 3.09. The number of aliphatic hydroxyl groups is 6. The van der Waals surface area contributed by atoms with Gasteiger partial charge < -0.3 is 74.2 Å². The zero-order valence-electron chi connectivity index (χ0n) is 27.3. The summed E-state index contributed by atoms with van der Waals surface area (Å²) in [5, 5.41) is 75.0. The minimum absolute atomic E-state index is 0.0298. The molecule has 1 amide bonds. The summed E-state index contributed by atoms with van der Waals surface area (Å²) in [5.74, 6) is -1.48. The third kappa shape index (κ3) is 10.1. The Kier molecular flexibility index (Phi) is 16.0. The number of amides is 1. The van der Waals surface area contributed by atoms with Crippen LogP contribution in [0.2, 0.25) is 0 Å². The largest absolute Gasteiger partial charge is 0.502 e. The van der Waals surface area contributed by atoms with Crippen LogP contribution in [0.5, 0.6) is 17.2 Å². The standard InChI is InChI=1S/C31H49NO16/c1-42-17-12-16(13-18(43-2)23(17)36)29(41)32-22-28(48-31-27(40)26(39)24(37)19(14-33)47-31)25(38)20(15-34)46-30(22)45-11-9-7-5-4-6-8-10-21(35)44-3/h12-13,19-20,22,24-28,30-31,33-34,36-40H,4-11,14-15H2,1-3H3,(H,32,41)/t19?,20?,22?,24-,25+,26?,27?,28?,30-,31?/m1/s1. The molecule has 2 aliphatic rings. The summed E-state index contributed by atoms with van der Waals surface area (Å²) in [4.78, 5) is 24.9. The van der Waals surface area contributed by atoms with Gasteiger partial charge in [0.1, 0.15) is 48.8 Å². The lowest BCUT2D eigenvalue weighted by Crippen LogP contribution is -2.68. The maximum atomic E-state index is 13.6. The molecule has 17 nitrogen and oxygen atoms in total. The molecule has 2 aliphatic heterocycles. The highest BCUT2D eigenvalue weighted by Crippen LogP contribution is 2.37. The SMILES string of the molecule is COC(=O)CCCCCCCCO[C@@H]1OC(CO)[C@H](O)C(OC2OC(CO)[C@@H](O)C(O)C2O)C1NC(=O)c1cc(OC)c(O)c(OC)c1. The van der Waals surface area contributed by atoms with Gasteiger partial charge in [-0.1, -0.05) is 25.7 Å². The van der Waals surface area contributed by atoms with E-state index in [1.54, 1.807) is 0 Å². The number of hydrogen-bond donors (Lipinski definition) is 8. The van der Waals surface area contributed by atoms with E-state index in [1.807, 2.05) is 0 Å². The molecule has 1 aromatic rings. The van der Waals surface area contributed by atoms with Gasteiger partial charge in [0.05, 0.1) is 34.5 Å². The Balaban J connectivity index is 1.80. The fourth-order valence-electron chi connectivity index (χ4n) is 5.50. The summed E-state index contributed by atoms with van der Waals surface area (Å²) in [6.07, 6.45) is -9.00. The van der Waals surface area contributed by atoms with Crippen LogP contribution in [0.1, 0.15) is 55.3 Å². The van der Waals surface area contributed by atoms with Crippen molar-refractivity contribution in [3.63, 3.8) is 0 Å². The summed E-state index contributed by atoms with van der Waals surface area (Å²) in [7, 11) is 3.92. The van der Waals surface area contributed by atoms with E-state index >= 15 is 0 Å². The number of phenolic OH excluding ortho intramolecular Hbond substituents is 1. The van der Waals surface area contributed by atoms with Crippen LogP contribution in [0.4, 0.5) is 0 Å². The lowest BCUT2D eigenvalue weighted by Gasteiger charge is -2.47. The molecule has 0 aliphatic carbocycles. The number of esters is 1. The number of aromatic hydroxyl groups is 1. The zero-order chi connectivity index (χ0) is 35.4. The number of nitrogens with one attached hydrogen (secondary N) is 1. The van der Waals surface area contributed by atoms with E-state index in [0.29, 0.717) is 12.8 Å². The molecule has 0 radical (unpaired) electrons. The Morgan fingerprint density at radius 2 is 1.33 bits per heavy atom. The van der Waals surface area contributed by atoms with Crippen LogP contribution in [0.3, 0.4) is 0 Å². The first-order valence-corrected chi connectivity index (χ1v) is 15.9. The van der Waals surface area contributed by atoms with Crippen molar-refractivity contribution >= 4 is 11.9 Å². The zero-order valence-corrected chi connectivity index (χ0v) is 27.3. The predicted molar refractivity (Wildman–Crippen MR) is 163 cm³/mol. The number of phenols is 1. The Bertz CT molecular complexity index is 1130. The smallest absolute Gasteiger partial charge is 0.305 e. The van der Waals surface area contributed by atoms with Gasteiger partial charge in [-0.2, -0.15) is 0 Å². The van der Waals surface area contributed by atoms with E-state index in [4.69, 9.17) is 28.4 Å². The quantitative estimate of drug-likeness (QED) is 0.0657. The molecule has 2 heterocycles. The van der Waals surface area contributed by atoms with Gasteiger partial charge in [0.2, 0.25) is 5.75 Å². The van der Waals surface area contributed by atoms with Crippen molar-refractivity contribution in [2.24, 2.45) is 0 Å². The predicted octanol–water partition coefficient (Wildman–Crippen LogP) is -1.31. The van der Waals surface area contributed by atoms with E-state index < -0.39 is 80.5 Å². The number of carbonyl (C=O) groups excluding carboxylic acids is 2. The summed E-state index contributed by atoms with van der Waals surface area (Å²) in [6.45, 7) is -1.28. The van der Waals surface area contributed by atoms with Gasteiger partial charge in [0.15, 0.2) is 24.1 Å². The average molecular weight is 692 g/mol. The first kappa shape index (κ1) is 39.6. The van der Waals surface area contributed by atoms with Gasteiger partial charge in [-0.25, -0.2) is 0 Å². The van der Waals surface area contributed by atoms with E-state index in [0.717, 1.165) is 32.1 Å². The van der Waals surface area contributed by atoms with Crippen LogP contribution in [0.15, 0.2) is 12.1 Å². The number of aliphatic hydroxyl groups excluding tert-OH is 6. The first-order chi connectivity index (χ1) is 23.0. The third-order valence-electron chi connectivity index (χ3n) is 8.32. The first-order valence-electron chi connectivity index (χ1n) is 15.9. The van der Waals surface area contributed by atoms with Crippen LogP contribution in [0, 0.1) is 0 Å². The monoisotopic (exact) mass is 691 g/mol. The summed E-state index contributed by atoms with van der Waals surface area (Å²) >= 11 is 0. The normalized spacial score (nSPS) is 30.4. The van der Waals surface area contributed by atoms with Crippen LogP contribution in [-0.4, -0.2) is 150 Å². The summed E-state index contributed by atoms with van der Waals surface area (Å²) in [6, 6.07) is 1.17. The molecule has 2 fully saturated rings. The lowest BCUT2D eigenvalue weighted by atomic mass is 9.95. The molecule has 17 heteroatoms. The van der Waals surface area contributed by atoms with Crippen molar-refractivity contribution in [2.75, 3.05) is 41.2 Å². The number of ether oxygens (including phenoxy) is 7. The number of carbonyl (C=O) groups is 2. The van der Waals surface area contributed by atoms with Crippen molar-refractivity contribution in [1.82, 2.24) is 5.32 Å². The van der Waals surface area contributed by atoms with E-state index in [-0.39, 0.29) is 35.4 Å². The van der Waals surface area contributed by atoms with Crippen molar-refractivity contribution in [3.05, 3.63) is 17.7 Å². The topological polar surface area (TPSA) is 252 Å². The second-order valence-electron chi connectivity index (χ2n) is 11.6.